The first-order valence-corrected chi connectivity index (χ1v) is 4.70. The fourth-order valence-corrected chi connectivity index (χ4v) is 1.79. The van der Waals surface area contributed by atoms with Gasteiger partial charge in [0.2, 0.25) is 0 Å². The number of nitrogens with zero attached hydrogens (tertiary/aromatic N) is 1. The van der Waals surface area contributed by atoms with Crippen LogP contribution in [-0.2, 0) is 4.79 Å². The van der Waals surface area contributed by atoms with Gasteiger partial charge in [-0.2, -0.15) is 0 Å². The summed E-state index contributed by atoms with van der Waals surface area (Å²) in [5, 5.41) is 0. The Morgan fingerprint density at radius 1 is 1.46 bits per heavy atom. The number of carbonyl (C=O) groups is 1. The third-order valence-electron chi connectivity index (χ3n) is 1.69. The second kappa shape index (κ2) is 3.22. The number of para-hydroxylation sites is 1. The highest BCUT2D eigenvalue weighted by Crippen LogP contribution is 2.30. The molecule has 1 aromatic rings. The Hall–Kier alpha value is -1.29. The minimum atomic E-state index is -0.0398. The van der Waals surface area contributed by atoms with Crippen molar-refractivity contribution >= 4 is 29.3 Å². The second-order valence-electron chi connectivity index (χ2n) is 2.69. The summed E-state index contributed by atoms with van der Waals surface area (Å²) >= 11 is 1.42. The zero-order valence-electron chi connectivity index (χ0n) is 7.07. The topological polar surface area (TPSA) is 41.5 Å². The van der Waals surface area contributed by atoms with Crippen LogP contribution in [0.15, 0.2) is 34.2 Å². The fraction of sp³-hybridized carbons (Fsp3) is 0.111. The predicted molar refractivity (Wildman–Crippen MR) is 53.2 cm³/mol. The molecule has 0 spiro atoms. The Kier molecular flexibility index (Phi) is 2.06. The Bertz CT molecular complexity index is 387. The average Bonchev–Trinajstić information content (AvgIpc) is 2.17. The number of hydrogen-bond acceptors (Lipinski definition) is 4. The van der Waals surface area contributed by atoms with Crippen LogP contribution < -0.4 is 4.72 Å². The Morgan fingerprint density at radius 2 is 2.23 bits per heavy atom. The Morgan fingerprint density at radius 3 is 3.00 bits per heavy atom. The molecule has 0 aliphatic carbocycles. The summed E-state index contributed by atoms with van der Waals surface area (Å²) < 4.78 is 2.89. The van der Waals surface area contributed by atoms with Crippen LogP contribution in [0.25, 0.3) is 0 Å². The zero-order chi connectivity index (χ0) is 9.26. The van der Waals surface area contributed by atoms with E-state index in [1.807, 2.05) is 24.3 Å². The van der Waals surface area contributed by atoms with Crippen molar-refractivity contribution in [2.24, 2.45) is 4.99 Å². The van der Waals surface area contributed by atoms with E-state index in [-0.39, 0.29) is 5.78 Å². The molecule has 0 saturated heterocycles. The lowest BCUT2D eigenvalue weighted by molar-refractivity contribution is -0.111. The van der Waals surface area contributed by atoms with Crippen LogP contribution in [0, 0.1) is 0 Å². The molecular weight excluding hydrogens is 184 g/mol. The summed E-state index contributed by atoms with van der Waals surface area (Å²) in [5.74, 6) is 0.380. The molecule has 66 valence electrons. The fourth-order valence-electron chi connectivity index (χ4n) is 1.03. The molecule has 0 bridgehead atoms. The molecule has 4 heteroatoms. The Balaban J connectivity index is 2.44. The van der Waals surface area contributed by atoms with E-state index >= 15 is 0 Å². The van der Waals surface area contributed by atoms with E-state index in [4.69, 9.17) is 0 Å². The van der Waals surface area contributed by atoms with Gasteiger partial charge in [-0.1, -0.05) is 12.1 Å². The maximum absolute atomic E-state index is 11.0. The molecule has 0 fully saturated rings. The van der Waals surface area contributed by atoms with Crippen LogP contribution in [0.5, 0.6) is 0 Å². The monoisotopic (exact) mass is 192 g/mol. The van der Waals surface area contributed by atoms with Gasteiger partial charge in [-0.3, -0.25) is 4.79 Å². The van der Waals surface area contributed by atoms with Crippen molar-refractivity contribution in [3.05, 3.63) is 24.3 Å². The molecule has 1 aliphatic rings. The van der Waals surface area contributed by atoms with Gasteiger partial charge in [0.25, 0.3) is 0 Å². The highest BCUT2D eigenvalue weighted by atomic mass is 32.2. The van der Waals surface area contributed by atoms with Crippen LogP contribution in [-0.4, -0.2) is 11.6 Å². The molecule has 0 atom stereocenters. The lowest BCUT2D eigenvalue weighted by Gasteiger charge is -2.13. The second-order valence-corrected chi connectivity index (χ2v) is 3.54. The smallest absolute Gasteiger partial charge is 0.195 e. The van der Waals surface area contributed by atoms with E-state index in [1.165, 1.54) is 18.9 Å². The van der Waals surface area contributed by atoms with Crippen molar-refractivity contribution < 1.29 is 4.79 Å². The van der Waals surface area contributed by atoms with E-state index in [1.54, 1.807) is 0 Å². The van der Waals surface area contributed by atoms with E-state index in [0.29, 0.717) is 5.84 Å². The van der Waals surface area contributed by atoms with Gasteiger partial charge in [0.15, 0.2) is 11.6 Å². The Labute approximate surface area is 80.4 Å². The summed E-state index contributed by atoms with van der Waals surface area (Å²) in [6, 6.07) is 7.72. The number of ketones is 1. The van der Waals surface area contributed by atoms with Crippen LogP contribution in [0.1, 0.15) is 6.92 Å². The molecule has 0 radical (unpaired) electrons. The van der Waals surface area contributed by atoms with Crippen molar-refractivity contribution in [3.8, 4) is 0 Å². The van der Waals surface area contributed by atoms with E-state index in [9.17, 15) is 4.79 Å². The third kappa shape index (κ3) is 1.58. The predicted octanol–water partition coefficient (Wildman–Crippen LogP) is 1.92. The molecule has 1 aromatic carbocycles. The molecular formula is C9H8N2OS. The summed E-state index contributed by atoms with van der Waals surface area (Å²) in [6.07, 6.45) is 0. The van der Waals surface area contributed by atoms with Crippen molar-refractivity contribution in [1.82, 2.24) is 4.72 Å². The lowest BCUT2D eigenvalue weighted by Crippen LogP contribution is -2.25. The molecule has 3 nitrogen and oxygen atoms in total. The quantitative estimate of drug-likeness (QED) is 0.691. The average molecular weight is 192 g/mol. The largest absolute Gasteiger partial charge is 0.307 e. The van der Waals surface area contributed by atoms with Gasteiger partial charge >= 0.3 is 0 Å². The molecule has 1 N–H and O–H groups in total. The number of benzene rings is 1. The molecule has 1 aliphatic heterocycles. The SMILES string of the molecule is CC(=O)C1=Nc2ccccc2SN1. The molecule has 13 heavy (non-hydrogen) atoms. The number of amidine groups is 1. The maximum atomic E-state index is 11.0. The zero-order valence-corrected chi connectivity index (χ0v) is 7.89. The first-order chi connectivity index (χ1) is 6.27. The number of Topliss-reactive ketones (excluding diaryl/α,β-unsaturated/α-hetero) is 1. The van der Waals surface area contributed by atoms with Gasteiger partial charge < -0.3 is 4.72 Å². The first-order valence-electron chi connectivity index (χ1n) is 3.89. The van der Waals surface area contributed by atoms with Crippen molar-refractivity contribution in [2.75, 3.05) is 0 Å². The number of nitrogens with one attached hydrogen (secondary N) is 1. The van der Waals surface area contributed by atoms with Crippen LogP contribution in [0.4, 0.5) is 5.69 Å². The van der Waals surface area contributed by atoms with Gasteiger partial charge in [-0.15, -0.1) is 0 Å². The third-order valence-corrected chi connectivity index (χ3v) is 2.55. The number of aliphatic imine (C=N–C) groups is 1. The van der Waals surface area contributed by atoms with Gasteiger partial charge in [0.05, 0.1) is 10.6 Å². The van der Waals surface area contributed by atoms with Gasteiger partial charge in [-0.25, -0.2) is 4.99 Å². The molecule has 0 amide bonds. The van der Waals surface area contributed by atoms with Crippen LogP contribution >= 0.6 is 11.9 Å². The lowest BCUT2D eigenvalue weighted by atomic mass is 10.3. The molecule has 0 saturated carbocycles. The number of rotatable bonds is 1. The highest BCUT2D eigenvalue weighted by Gasteiger charge is 2.13. The van der Waals surface area contributed by atoms with Gasteiger partial charge in [0.1, 0.15) is 0 Å². The minimum Gasteiger partial charge on any atom is -0.307 e. The highest BCUT2D eigenvalue weighted by molar-refractivity contribution is 7.98. The number of carbonyl (C=O) groups excluding carboxylic acids is 1. The molecule has 1 heterocycles. The van der Waals surface area contributed by atoms with E-state index < -0.39 is 0 Å². The van der Waals surface area contributed by atoms with E-state index in [2.05, 4.69) is 9.71 Å². The van der Waals surface area contributed by atoms with Gasteiger partial charge in [0, 0.05) is 6.92 Å². The van der Waals surface area contributed by atoms with E-state index in [0.717, 1.165) is 10.6 Å². The standard InChI is InChI=1S/C9H8N2OS/c1-6(12)9-10-7-4-2-3-5-8(7)13-11-9/h2-5H,1H3,(H,10,11). The summed E-state index contributed by atoms with van der Waals surface area (Å²) in [5.41, 5.74) is 0.858. The minimum absolute atomic E-state index is 0.0398. The molecule has 0 unspecified atom stereocenters. The van der Waals surface area contributed by atoms with Crippen molar-refractivity contribution in [2.45, 2.75) is 11.8 Å². The first kappa shape index (κ1) is 8.31. The normalized spacial score (nSPS) is 14.1. The van der Waals surface area contributed by atoms with Crippen molar-refractivity contribution in [1.29, 1.82) is 0 Å². The maximum Gasteiger partial charge on any atom is 0.195 e. The summed E-state index contributed by atoms with van der Waals surface area (Å²) in [6.45, 7) is 1.50. The molecule has 0 aromatic heterocycles. The molecule has 2 rings (SSSR count). The van der Waals surface area contributed by atoms with Crippen molar-refractivity contribution in [3.63, 3.8) is 0 Å². The summed E-state index contributed by atoms with van der Waals surface area (Å²) in [4.78, 5) is 16.2. The summed E-state index contributed by atoms with van der Waals surface area (Å²) in [7, 11) is 0. The van der Waals surface area contributed by atoms with Gasteiger partial charge in [-0.05, 0) is 24.1 Å². The van der Waals surface area contributed by atoms with Crippen LogP contribution in [0.2, 0.25) is 0 Å². The van der Waals surface area contributed by atoms with Crippen LogP contribution in [0.3, 0.4) is 0 Å². The number of fused-ring (bicyclic) bond motifs is 1. The number of hydrogen-bond donors (Lipinski definition) is 1.